The highest BCUT2D eigenvalue weighted by atomic mass is 16.5. The first-order chi connectivity index (χ1) is 14.0. The number of Topliss-reactive ketones (excluding diaryl/α,β-unsaturated/α-hetero) is 1. The van der Waals surface area contributed by atoms with E-state index >= 15 is 0 Å². The van der Waals surface area contributed by atoms with Crippen LogP contribution in [0.3, 0.4) is 0 Å². The molecule has 0 saturated carbocycles. The van der Waals surface area contributed by atoms with Crippen LogP contribution < -0.4 is 10.1 Å². The Bertz CT molecular complexity index is 759. The molecule has 0 saturated heterocycles. The lowest BCUT2D eigenvalue weighted by molar-refractivity contribution is -0.143. The Morgan fingerprint density at radius 3 is 2.48 bits per heavy atom. The number of rotatable bonds is 13. The third-order valence-electron chi connectivity index (χ3n) is 3.95. The fraction of sp³-hybridized carbons (Fsp3) is 0.455. The molecule has 1 N–H and O–H groups in total. The van der Waals surface area contributed by atoms with Gasteiger partial charge >= 0.3 is 5.97 Å². The summed E-state index contributed by atoms with van der Waals surface area (Å²) in [5.41, 5.74) is 0.460. The summed E-state index contributed by atoms with van der Waals surface area (Å²) in [5.74, 6) is 0.219. The molecule has 1 aromatic rings. The van der Waals surface area contributed by atoms with E-state index < -0.39 is 17.6 Å². The van der Waals surface area contributed by atoms with Gasteiger partial charge in [0.25, 0.3) is 0 Å². The molecule has 0 fully saturated rings. The number of benzene rings is 1. The van der Waals surface area contributed by atoms with Crippen molar-refractivity contribution in [3.8, 4) is 24.2 Å². The second kappa shape index (κ2) is 13.8. The van der Waals surface area contributed by atoms with Gasteiger partial charge in [0.2, 0.25) is 5.91 Å². The molecule has 0 bridgehead atoms. The van der Waals surface area contributed by atoms with Gasteiger partial charge in [-0.2, -0.15) is 5.26 Å². The van der Waals surface area contributed by atoms with Gasteiger partial charge in [0.1, 0.15) is 5.75 Å². The van der Waals surface area contributed by atoms with E-state index in [1.807, 2.05) is 0 Å². The lowest BCUT2D eigenvalue weighted by Crippen LogP contribution is -2.28. The van der Waals surface area contributed by atoms with E-state index in [4.69, 9.17) is 21.2 Å². The second-order valence-electron chi connectivity index (χ2n) is 6.21. The zero-order valence-electron chi connectivity index (χ0n) is 16.6. The topological polar surface area (TPSA) is 105 Å². The molecular weight excluding hydrogens is 372 g/mol. The Kier molecular flexibility index (Phi) is 11.3. The zero-order valence-corrected chi connectivity index (χ0v) is 16.6. The number of terminal acetylenes is 1. The van der Waals surface area contributed by atoms with Gasteiger partial charge in [-0.15, -0.1) is 12.3 Å². The molecule has 1 unspecified atom stereocenters. The number of amides is 1. The van der Waals surface area contributed by atoms with Crippen LogP contribution in [-0.2, 0) is 19.1 Å². The molecule has 0 aromatic heterocycles. The van der Waals surface area contributed by atoms with E-state index in [0.29, 0.717) is 31.1 Å². The fourth-order valence-electron chi connectivity index (χ4n) is 2.44. The normalized spacial score (nSPS) is 10.9. The van der Waals surface area contributed by atoms with E-state index in [2.05, 4.69) is 11.2 Å². The molecule has 0 aliphatic heterocycles. The standard InChI is InChI=1S/C22H26N2O5/c1-3-5-9-20(25)19(16-23)22(27)24-17-11-13-18(14-12-17)29-15-8-6-7-10-21(26)28-4-2/h1,11-14,19H,4-10,15H2,2H3,(H,24,27). The van der Waals surface area contributed by atoms with Crippen LogP contribution >= 0.6 is 0 Å². The minimum absolute atomic E-state index is 0.00525. The Labute approximate surface area is 171 Å². The number of ketones is 1. The minimum atomic E-state index is -1.38. The summed E-state index contributed by atoms with van der Waals surface area (Å²) in [7, 11) is 0. The van der Waals surface area contributed by atoms with Crippen LogP contribution in [-0.4, -0.2) is 30.9 Å². The number of ether oxygens (including phenoxy) is 2. The molecule has 0 heterocycles. The van der Waals surface area contributed by atoms with Crippen LogP contribution in [0, 0.1) is 29.6 Å². The van der Waals surface area contributed by atoms with Gasteiger partial charge in [-0.25, -0.2) is 0 Å². The Balaban J connectivity index is 2.37. The Hall–Kier alpha value is -3.32. The molecule has 1 rings (SSSR count). The van der Waals surface area contributed by atoms with Gasteiger partial charge in [0.15, 0.2) is 11.7 Å². The van der Waals surface area contributed by atoms with Crippen molar-refractivity contribution in [3.05, 3.63) is 24.3 Å². The number of unbranched alkanes of at least 4 members (excludes halogenated alkanes) is 2. The van der Waals surface area contributed by atoms with Gasteiger partial charge in [-0.1, -0.05) is 0 Å². The van der Waals surface area contributed by atoms with Crippen LogP contribution in [0.2, 0.25) is 0 Å². The number of nitrogens with one attached hydrogen (secondary N) is 1. The summed E-state index contributed by atoms with van der Waals surface area (Å²) in [6.45, 7) is 2.69. The predicted molar refractivity (Wildman–Crippen MR) is 108 cm³/mol. The molecule has 154 valence electrons. The largest absolute Gasteiger partial charge is 0.494 e. The van der Waals surface area contributed by atoms with E-state index in [-0.39, 0.29) is 18.8 Å². The molecule has 0 aliphatic rings. The highest BCUT2D eigenvalue weighted by Gasteiger charge is 2.25. The molecule has 7 nitrogen and oxygen atoms in total. The third kappa shape index (κ3) is 9.44. The fourth-order valence-corrected chi connectivity index (χ4v) is 2.44. The molecule has 29 heavy (non-hydrogen) atoms. The van der Waals surface area contributed by atoms with Crippen LogP contribution in [0.25, 0.3) is 0 Å². The van der Waals surface area contributed by atoms with Gasteiger partial charge in [-0.05, 0) is 50.5 Å². The summed E-state index contributed by atoms with van der Waals surface area (Å²) in [5, 5.41) is 11.6. The summed E-state index contributed by atoms with van der Waals surface area (Å²) in [4.78, 5) is 35.2. The zero-order chi connectivity index (χ0) is 21.5. The minimum Gasteiger partial charge on any atom is -0.494 e. The van der Waals surface area contributed by atoms with Crippen molar-refractivity contribution in [3.63, 3.8) is 0 Å². The lowest BCUT2D eigenvalue weighted by Gasteiger charge is -2.10. The molecular formula is C22H26N2O5. The molecule has 0 radical (unpaired) electrons. The van der Waals surface area contributed by atoms with Crippen molar-refractivity contribution in [1.82, 2.24) is 0 Å². The first-order valence-electron chi connectivity index (χ1n) is 9.57. The van der Waals surface area contributed by atoms with Crippen molar-refractivity contribution in [2.75, 3.05) is 18.5 Å². The Morgan fingerprint density at radius 2 is 1.86 bits per heavy atom. The number of esters is 1. The van der Waals surface area contributed by atoms with E-state index in [0.717, 1.165) is 19.3 Å². The summed E-state index contributed by atoms with van der Waals surface area (Å²) < 4.78 is 10.5. The van der Waals surface area contributed by atoms with Crippen LogP contribution in [0.4, 0.5) is 5.69 Å². The maximum Gasteiger partial charge on any atom is 0.305 e. The highest BCUT2D eigenvalue weighted by molar-refractivity contribution is 6.09. The van der Waals surface area contributed by atoms with Gasteiger partial charge < -0.3 is 14.8 Å². The monoisotopic (exact) mass is 398 g/mol. The van der Waals surface area contributed by atoms with Crippen LogP contribution in [0.5, 0.6) is 5.75 Å². The van der Waals surface area contributed by atoms with Gasteiger partial charge in [-0.3, -0.25) is 14.4 Å². The number of nitrogens with zero attached hydrogens (tertiary/aromatic N) is 1. The predicted octanol–water partition coefficient (Wildman–Crippen LogP) is 3.25. The molecule has 1 aromatic carbocycles. The second-order valence-corrected chi connectivity index (χ2v) is 6.21. The molecule has 0 spiro atoms. The summed E-state index contributed by atoms with van der Waals surface area (Å²) in [6.07, 6.45) is 8.12. The van der Waals surface area contributed by atoms with Crippen LogP contribution in [0.1, 0.15) is 45.4 Å². The summed E-state index contributed by atoms with van der Waals surface area (Å²) in [6, 6.07) is 8.36. The first-order valence-corrected chi connectivity index (χ1v) is 9.57. The summed E-state index contributed by atoms with van der Waals surface area (Å²) >= 11 is 0. The number of nitriles is 1. The molecule has 1 amide bonds. The SMILES string of the molecule is C#CCCC(=O)C(C#N)C(=O)Nc1ccc(OCCCCCC(=O)OCC)cc1. The maximum absolute atomic E-state index is 12.1. The van der Waals surface area contributed by atoms with E-state index in [9.17, 15) is 14.4 Å². The third-order valence-corrected chi connectivity index (χ3v) is 3.95. The van der Waals surface area contributed by atoms with Crippen LogP contribution in [0.15, 0.2) is 24.3 Å². The van der Waals surface area contributed by atoms with Gasteiger partial charge in [0, 0.05) is 24.9 Å². The smallest absolute Gasteiger partial charge is 0.305 e. The number of anilines is 1. The number of hydrogen-bond donors (Lipinski definition) is 1. The average molecular weight is 398 g/mol. The highest BCUT2D eigenvalue weighted by Crippen LogP contribution is 2.17. The van der Waals surface area contributed by atoms with Crippen molar-refractivity contribution in [2.45, 2.75) is 45.4 Å². The van der Waals surface area contributed by atoms with E-state index in [1.165, 1.54) is 0 Å². The number of hydrogen-bond acceptors (Lipinski definition) is 6. The molecule has 0 aliphatic carbocycles. The van der Waals surface area contributed by atoms with Crippen molar-refractivity contribution in [1.29, 1.82) is 5.26 Å². The van der Waals surface area contributed by atoms with Gasteiger partial charge in [0.05, 0.1) is 19.3 Å². The first kappa shape index (κ1) is 23.7. The quantitative estimate of drug-likeness (QED) is 0.237. The van der Waals surface area contributed by atoms with Crippen molar-refractivity contribution < 1.29 is 23.9 Å². The molecule has 1 atom stereocenters. The number of carbonyl (C=O) groups is 3. The maximum atomic E-state index is 12.1. The molecule has 7 heteroatoms. The average Bonchev–Trinajstić information content (AvgIpc) is 2.71. The van der Waals surface area contributed by atoms with Crippen molar-refractivity contribution >= 4 is 23.3 Å². The number of carbonyl (C=O) groups excluding carboxylic acids is 3. The van der Waals surface area contributed by atoms with E-state index in [1.54, 1.807) is 37.3 Å². The van der Waals surface area contributed by atoms with Crippen molar-refractivity contribution in [2.24, 2.45) is 5.92 Å². The Morgan fingerprint density at radius 1 is 1.14 bits per heavy atom. The lowest BCUT2D eigenvalue weighted by atomic mass is 10.0.